The van der Waals surface area contributed by atoms with Crippen LogP contribution in [0.25, 0.3) is 0 Å². The number of nitrogens with zero attached hydrogens (tertiary/aromatic N) is 2. The first kappa shape index (κ1) is 19.7. The largest absolute Gasteiger partial charge is 0.497 e. The third-order valence-electron chi connectivity index (χ3n) is 5.93. The smallest absolute Gasteiger partial charge is 0.223 e. The monoisotopic (exact) mass is 373 g/mol. The normalized spacial score (nSPS) is 22.7. The van der Waals surface area contributed by atoms with Gasteiger partial charge in [-0.1, -0.05) is 18.6 Å². The summed E-state index contributed by atoms with van der Waals surface area (Å²) >= 11 is 0. The molecule has 1 heterocycles. The Morgan fingerprint density at radius 2 is 1.67 bits per heavy atom. The first-order valence-corrected chi connectivity index (χ1v) is 10.0. The summed E-state index contributed by atoms with van der Waals surface area (Å²) in [4.78, 5) is 28.8. The fourth-order valence-corrected chi connectivity index (χ4v) is 4.08. The first-order chi connectivity index (χ1) is 13.1. The van der Waals surface area contributed by atoms with E-state index in [1.807, 2.05) is 34.1 Å². The summed E-state index contributed by atoms with van der Waals surface area (Å²) in [6.07, 6.45) is 5.02. The molecule has 2 atom stereocenters. The van der Waals surface area contributed by atoms with Gasteiger partial charge in [-0.15, -0.1) is 0 Å². The van der Waals surface area contributed by atoms with Gasteiger partial charge >= 0.3 is 0 Å². The zero-order valence-electron chi connectivity index (χ0n) is 16.2. The Bertz CT molecular complexity index is 639. The van der Waals surface area contributed by atoms with Gasteiger partial charge in [0.2, 0.25) is 11.8 Å². The summed E-state index contributed by atoms with van der Waals surface area (Å²) in [6, 6.07) is 8.00. The predicted molar refractivity (Wildman–Crippen MR) is 104 cm³/mol. The van der Waals surface area contributed by atoms with Crippen LogP contribution >= 0.6 is 0 Å². The highest BCUT2D eigenvalue weighted by atomic mass is 16.5. The number of carbonyl (C=O) groups is 2. The molecular formula is C21H31N3O3. The molecule has 0 unspecified atom stereocenters. The minimum Gasteiger partial charge on any atom is -0.497 e. The topological polar surface area (TPSA) is 75.9 Å². The van der Waals surface area contributed by atoms with Gasteiger partial charge < -0.3 is 20.3 Å². The van der Waals surface area contributed by atoms with Gasteiger partial charge in [-0.3, -0.25) is 9.59 Å². The number of aryl methyl sites for hydroxylation is 1. The molecule has 3 rings (SSSR count). The van der Waals surface area contributed by atoms with Gasteiger partial charge in [0.25, 0.3) is 0 Å². The lowest BCUT2D eigenvalue weighted by Gasteiger charge is -2.35. The number of methoxy groups -OCH3 is 1. The second kappa shape index (κ2) is 9.22. The lowest BCUT2D eigenvalue weighted by Crippen LogP contribution is -2.51. The molecule has 27 heavy (non-hydrogen) atoms. The second-order valence-corrected chi connectivity index (χ2v) is 7.67. The Morgan fingerprint density at radius 1 is 1.04 bits per heavy atom. The fraction of sp³-hybridized carbons (Fsp3) is 0.619. The molecule has 1 aliphatic carbocycles. The van der Waals surface area contributed by atoms with Crippen molar-refractivity contribution >= 4 is 11.8 Å². The minimum absolute atomic E-state index is 0.163. The van der Waals surface area contributed by atoms with Gasteiger partial charge in [-0.05, 0) is 42.9 Å². The van der Waals surface area contributed by atoms with E-state index in [4.69, 9.17) is 10.5 Å². The van der Waals surface area contributed by atoms with Gasteiger partial charge in [-0.2, -0.15) is 0 Å². The molecule has 0 bridgehead atoms. The van der Waals surface area contributed by atoms with Crippen molar-refractivity contribution in [3.05, 3.63) is 29.8 Å². The van der Waals surface area contributed by atoms with E-state index in [-0.39, 0.29) is 17.9 Å². The van der Waals surface area contributed by atoms with E-state index < -0.39 is 0 Å². The Hall–Kier alpha value is -2.08. The predicted octanol–water partition coefficient (Wildman–Crippen LogP) is 1.82. The molecule has 1 saturated carbocycles. The maximum absolute atomic E-state index is 12.5. The van der Waals surface area contributed by atoms with Gasteiger partial charge in [-0.25, -0.2) is 0 Å². The molecule has 2 N–H and O–H groups in total. The highest BCUT2D eigenvalue weighted by Crippen LogP contribution is 2.27. The summed E-state index contributed by atoms with van der Waals surface area (Å²) < 4.78 is 5.15. The third kappa shape index (κ3) is 5.22. The van der Waals surface area contributed by atoms with Crippen molar-refractivity contribution in [2.45, 2.75) is 44.6 Å². The average molecular weight is 373 g/mol. The number of amides is 2. The van der Waals surface area contributed by atoms with Crippen molar-refractivity contribution < 1.29 is 14.3 Å². The summed E-state index contributed by atoms with van der Waals surface area (Å²) in [7, 11) is 1.64. The Labute approximate surface area is 161 Å². The molecule has 0 radical (unpaired) electrons. The van der Waals surface area contributed by atoms with Gasteiger partial charge in [0.1, 0.15) is 5.75 Å². The second-order valence-electron chi connectivity index (χ2n) is 7.67. The van der Waals surface area contributed by atoms with Crippen molar-refractivity contribution in [1.29, 1.82) is 0 Å². The molecule has 1 aliphatic heterocycles. The number of piperazine rings is 1. The molecule has 0 spiro atoms. The van der Waals surface area contributed by atoms with Crippen molar-refractivity contribution in [3.63, 3.8) is 0 Å². The van der Waals surface area contributed by atoms with E-state index in [0.717, 1.165) is 37.0 Å². The highest BCUT2D eigenvalue weighted by Gasteiger charge is 2.30. The molecule has 6 nitrogen and oxygen atoms in total. The molecule has 2 fully saturated rings. The summed E-state index contributed by atoms with van der Waals surface area (Å²) in [5.74, 6) is 1.52. The van der Waals surface area contributed by atoms with Gasteiger partial charge in [0.15, 0.2) is 0 Å². The maximum Gasteiger partial charge on any atom is 0.223 e. The number of benzene rings is 1. The average Bonchev–Trinajstić information content (AvgIpc) is 3.11. The quantitative estimate of drug-likeness (QED) is 0.825. The fourth-order valence-electron chi connectivity index (χ4n) is 4.08. The van der Waals surface area contributed by atoms with Gasteiger partial charge in [0.05, 0.1) is 7.11 Å². The zero-order valence-corrected chi connectivity index (χ0v) is 16.2. The van der Waals surface area contributed by atoms with Crippen LogP contribution in [0.3, 0.4) is 0 Å². The van der Waals surface area contributed by atoms with Crippen molar-refractivity contribution in [2.75, 3.05) is 33.3 Å². The molecule has 0 aromatic heterocycles. The molecular weight excluding hydrogens is 342 g/mol. The highest BCUT2D eigenvalue weighted by molar-refractivity contribution is 5.78. The van der Waals surface area contributed by atoms with Crippen LogP contribution in [0.15, 0.2) is 24.3 Å². The van der Waals surface area contributed by atoms with Crippen LogP contribution in [-0.4, -0.2) is 60.9 Å². The number of nitrogens with two attached hydrogens (primary N) is 1. The Morgan fingerprint density at radius 3 is 2.22 bits per heavy atom. The van der Waals surface area contributed by atoms with Crippen LogP contribution < -0.4 is 10.5 Å². The number of rotatable bonds is 6. The van der Waals surface area contributed by atoms with Crippen LogP contribution in [-0.2, 0) is 16.0 Å². The molecule has 1 aromatic rings. The third-order valence-corrected chi connectivity index (χ3v) is 5.93. The summed E-state index contributed by atoms with van der Waals surface area (Å²) in [5, 5.41) is 0. The molecule has 6 heteroatoms. The van der Waals surface area contributed by atoms with Gasteiger partial charge in [0, 0.05) is 45.1 Å². The minimum atomic E-state index is 0.163. The molecule has 2 amide bonds. The zero-order chi connectivity index (χ0) is 19.2. The summed E-state index contributed by atoms with van der Waals surface area (Å²) in [5.41, 5.74) is 7.22. The van der Waals surface area contributed by atoms with Crippen molar-refractivity contribution in [3.8, 4) is 5.75 Å². The van der Waals surface area contributed by atoms with E-state index in [9.17, 15) is 9.59 Å². The first-order valence-electron chi connectivity index (χ1n) is 10.0. The van der Waals surface area contributed by atoms with Crippen LogP contribution in [0.2, 0.25) is 0 Å². The van der Waals surface area contributed by atoms with Crippen molar-refractivity contribution in [1.82, 2.24) is 9.80 Å². The standard InChI is InChI=1S/C21H31N3O3/c1-27-18-8-5-16(6-9-18)7-10-20(25)23-11-13-24(14-12-23)21(26)15-17-3-2-4-19(17)22/h5-6,8-9,17,19H,2-4,7,10-15,22H2,1H3/t17-,19+/m0/s1. The van der Waals surface area contributed by atoms with Crippen LogP contribution in [0.5, 0.6) is 5.75 Å². The van der Waals surface area contributed by atoms with E-state index >= 15 is 0 Å². The molecule has 2 aliphatic rings. The van der Waals surface area contributed by atoms with E-state index in [2.05, 4.69) is 0 Å². The number of hydrogen-bond donors (Lipinski definition) is 1. The SMILES string of the molecule is COc1ccc(CCC(=O)N2CCN(C(=O)C[C@@H]3CCC[C@H]3N)CC2)cc1. The molecule has 1 aromatic carbocycles. The molecule has 148 valence electrons. The lowest BCUT2D eigenvalue weighted by atomic mass is 9.99. The van der Waals surface area contributed by atoms with E-state index in [0.29, 0.717) is 44.9 Å². The van der Waals surface area contributed by atoms with Crippen LogP contribution in [0.4, 0.5) is 0 Å². The number of ether oxygens (including phenoxy) is 1. The number of hydrogen-bond acceptors (Lipinski definition) is 4. The Balaban J connectivity index is 1.40. The lowest BCUT2D eigenvalue weighted by molar-refractivity contribution is -0.140. The van der Waals surface area contributed by atoms with E-state index in [1.54, 1.807) is 7.11 Å². The van der Waals surface area contributed by atoms with Crippen LogP contribution in [0, 0.1) is 5.92 Å². The maximum atomic E-state index is 12.5. The van der Waals surface area contributed by atoms with E-state index in [1.165, 1.54) is 0 Å². The van der Waals surface area contributed by atoms with Crippen molar-refractivity contribution in [2.24, 2.45) is 11.7 Å². The van der Waals surface area contributed by atoms with Crippen LogP contribution in [0.1, 0.15) is 37.7 Å². The Kier molecular flexibility index (Phi) is 6.72. The number of carbonyl (C=O) groups excluding carboxylic acids is 2. The summed E-state index contributed by atoms with van der Waals surface area (Å²) in [6.45, 7) is 2.53. The molecule has 1 saturated heterocycles.